The number of hydrogen-bond donors (Lipinski definition) is 0. The fourth-order valence-corrected chi connectivity index (χ4v) is 2.55. The first-order chi connectivity index (χ1) is 11.3. The zero-order chi connectivity index (χ0) is 16.3. The predicted molar refractivity (Wildman–Crippen MR) is 98.7 cm³/mol. The van der Waals surface area contributed by atoms with Crippen LogP contribution in [0.25, 0.3) is 11.1 Å². The van der Waals surface area contributed by atoms with E-state index in [0.717, 1.165) is 18.6 Å². The summed E-state index contributed by atoms with van der Waals surface area (Å²) in [7, 11) is 0. The maximum absolute atomic E-state index is 5.68. The van der Waals surface area contributed by atoms with Crippen molar-refractivity contribution in [3.8, 4) is 29.2 Å². The fourth-order valence-electron chi connectivity index (χ4n) is 2.55. The third-order valence-corrected chi connectivity index (χ3v) is 3.94. The molecule has 2 rings (SSSR count). The molecule has 0 aromatic heterocycles. The van der Waals surface area contributed by atoms with E-state index in [0.29, 0.717) is 6.61 Å². The molecule has 2 aromatic carbocycles. The maximum atomic E-state index is 5.68. The SMILES string of the molecule is C#CCCCOc1ccc(-c2ccc(CCCCC)cc2)cc1. The molecule has 0 aliphatic heterocycles. The Morgan fingerprint density at radius 3 is 2.13 bits per heavy atom. The highest BCUT2D eigenvalue weighted by Crippen LogP contribution is 2.23. The topological polar surface area (TPSA) is 9.23 Å². The summed E-state index contributed by atoms with van der Waals surface area (Å²) in [5.41, 5.74) is 3.90. The summed E-state index contributed by atoms with van der Waals surface area (Å²) in [5, 5.41) is 0. The first-order valence-corrected chi connectivity index (χ1v) is 8.59. The Morgan fingerprint density at radius 1 is 0.870 bits per heavy atom. The Bertz CT molecular complexity index is 602. The van der Waals surface area contributed by atoms with Crippen LogP contribution < -0.4 is 4.74 Å². The molecular weight excluding hydrogens is 280 g/mol. The molecule has 1 nitrogen and oxygen atoms in total. The van der Waals surface area contributed by atoms with Crippen LogP contribution in [-0.2, 0) is 6.42 Å². The molecule has 0 fully saturated rings. The zero-order valence-electron chi connectivity index (χ0n) is 14.1. The second kappa shape index (κ2) is 9.74. The second-order valence-corrected chi connectivity index (χ2v) is 5.83. The average Bonchev–Trinajstić information content (AvgIpc) is 2.60. The van der Waals surface area contributed by atoms with Gasteiger partial charge in [-0.25, -0.2) is 0 Å². The van der Waals surface area contributed by atoms with Gasteiger partial charge in [-0.15, -0.1) is 12.3 Å². The Labute approximate surface area is 140 Å². The second-order valence-electron chi connectivity index (χ2n) is 5.83. The van der Waals surface area contributed by atoms with Crippen molar-refractivity contribution >= 4 is 0 Å². The number of ether oxygens (including phenoxy) is 1. The highest BCUT2D eigenvalue weighted by molar-refractivity contribution is 5.64. The van der Waals surface area contributed by atoms with Crippen molar-refractivity contribution in [3.05, 3.63) is 54.1 Å². The molecule has 23 heavy (non-hydrogen) atoms. The van der Waals surface area contributed by atoms with Crippen molar-refractivity contribution in [3.63, 3.8) is 0 Å². The third kappa shape index (κ3) is 5.83. The summed E-state index contributed by atoms with van der Waals surface area (Å²) < 4.78 is 5.68. The number of hydrogen-bond acceptors (Lipinski definition) is 1. The summed E-state index contributed by atoms with van der Waals surface area (Å²) in [5.74, 6) is 3.53. The lowest BCUT2D eigenvalue weighted by Gasteiger charge is -2.07. The van der Waals surface area contributed by atoms with E-state index in [4.69, 9.17) is 11.2 Å². The number of unbranched alkanes of at least 4 members (excludes halogenated alkanes) is 3. The zero-order valence-corrected chi connectivity index (χ0v) is 14.1. The van der Waals surface area contributed by atoms with Crippen LogP contribution in [0.1, 0.15) is 44.6 Å². The summed E-state index contributed by atoms with van der Waals surface area (Å²) in [6, 6.07) is 17.2. The fraction of sp³-hybridized carbons (Fsp3) is 0.364. The van der Waals surface area contributed by atoms with E-state index in [1.54, 1.807) is 0 Å². The first-order valence-electron chi connectivity index (χ1n) is 8.59. The molecule has 0 unspecified atom stereocenters. The van der Waals surface area contributed by atoms with Crippen molar-refractivity contribution < 1.29 is 4.74 Å². The molecule has 0 amide bonds. The van der Waals surface area contributed by atoms with Crippen LogP contribution in [0.15, 0.2) is 48.5 Å². The van der Waals surface area contributed by atoms with E-state index < -0.39 is 0 Å². The highest BCUT2D eigenvalue weighted by atomic mass is 16.5. The smallest absolute Gasteiger partial charge is 0.119 e. The Hall–Kier alpha value is -2.20. The summed E-state index contributed by atoms with van der Waals surface area (Å²) >= 11 is 0. The molecule has 0 saturated carbocycles. The Kier molecular flexibility index (Phi) is 7.27. The van der Waals surface area contributed by atoms with E-state index >= 15 is 0 Å². The Morgan fingerprint density at radius 2 is 1.52 bits per heavy atom. The van der Waals surface area contributed by atoms with Crippen LogP contribution in [0.5, 0.6) is 5.75 Å². The average molecular weight is 306 g/mol. The van der Waals surface area contributed by atoms with Crippen molar-refractivity contribution in [2.75, 3.05) is 6.61 Å². The van der Waals surface area contributed by atoms with Gasteiger partial charge in [0, 0.05) is 6.42 Å². The largest absolute Gasteiger partial charge is 0.494 e. The van der Waals surface area contributed by atoms with Crippen molar-refractivity contribution in [2.45, 2.75) is 45.4 Å². The lowest BCUT2D eigenvalue weighted by Crippen LogP contribution is -1.96. The molecule has 1 heteroatoms. The molecule has 0 bridgehead atoms. The van der Waals surface area contributed by atoms with Crippen LogP contribution in [0.4, 0.5) is 0 Å². The lowest BCUT2D eigenvalue weighted by atomic mass is 10.0. The van der Waals surface area contributed by atoms with Gasteiger partial charge in [0.1, 0.15) is 5.75 Å². The molecule has 2 aromatic rings. The number of aryl methyl sites for hydroxylation is 1. The number of rotatable bonds is 9. The van der Waals surface area contributed by atoms with Gasteiger partial charge in [-0.2, -0.15) is 0 Å². The monoisotopic (exact) mass is 306 g/mol. The van der Waals surface area contributed by atoms with Crippen LogP contribution in [0.3, 0.4) is 0 Å². The summed E-state index contributed by atoms with van der Waals surface area (Å²) in [6.07, 6.45) is 11.9. The van der Waals surface area contributed by atoms with Gasteiger partial charge >= 0.3 is 0 Å². The molecule has 120 valence electrons. The molecule has 0 heterocycles. The lowest BCUT2D eigenvalue weighted by molar-refractivity contribution is 0.313. The van der Waals surface area contributed by atoms with E-state index in [9.17, 15) is 0 Å². The van der Waals surface area contributed by atoms with Crippen LogP contribution >= 0.6 is 0 Å². The minimum absolute atomic E-state index is 0.677. The van der Waals surface area contributed by atoms with Gasteiger partial charge in [-0.05, 0) is 48.1 Å². The van der Waals surface area contributed by atoms with E-state index in [-0.39, 0.29) is 0 Å². The normalized spacial score (nSPS) is 10.3. The predicted octanol–water partition coefficient (Wildman–Crippen LogP) is 5.88. The van der Waals surface area contributed by atoms with Gasteiger partial charge in [0.2, 0.25) is 0 Å². The molecule has 0 saturated heterocycles. The van der Waals surface area contributed by atoms with Crippen molar-refractivity contribution in [2.24, 2.45) is 0 Å². The number of terminal acetylenes is 1. The minimum atomic E-state index is 0.677. The summed E-state index contributed by atoms with van der Waals surface area (Å²) in [6.45, 7) is 2.92. The standard InChI is InChI=1S/C22H26O/c1-3-5-7-9-19-10-12-20(13-11-19)21-14-16-22(17-15-21)23-18-8-6-4-2/h2,10-17H,3,5-9,18H2,1H3. The first kappa shape index (κ1) is 17.2. The van der Waals surface area contributed by atoms with Crippen LogP contribution in [0.2, 0.25) is 0 Å². The third-order valence-electron chi connectivity index (χ3n) is 3.94. The molecule has 0 aliphatic carbocycles. The molecule has 0 spiro atoms. The van der Waals surface area contributed by atoms with Gasteiger partial charge in [0.15, 0.2) is 0 Å². The van der Waals surface area contributed by atoms with Gasteiger partial charge < -0.3 is 4.74 Å². The molecule has 0 aliphatic rings. The van der Waals surface area contributed by atoms with Gasteiger partial charge in [-0.3, -0.25) is 0 Å². The van der Waals surface area contributed by atoms with Crippen molar-refractivity contribution in [1.82, 2.24) is 0 Å². The Balaban J connectivity index is 1.90. The molecular formula is C22H26O. The maximum Gasteiger partial charge on any atom is 0.119 e. The van der Waals surface area contributed by atoms with Crippen LogP contribution in [0, 0.1) is 12.3 Å². The summed E-state index contributed by atoms with van der Waals surface area (Å²) in [4.78, 5) is 0. The molecule has 0 radical (unpaired) electrons. The quantitative estimate of drug-likeness (QED) is 0.415. The van der Waals surface area contributed by atoms with Crippen LogP contribution in [-0.4, -0.2) is 6.61 Å². The van der Waals surface area contributed by atoms with Gasteiger partial charge in [0.25, 0.3) is 0 Å². The van der Waals surface area contributed by atoms with Gasteiger partial charge in [-0.1, -0.05) is 56.2 Å². The highest BCUT2D eigenvalue weighted by Gasteiger charge is 2.00. The van der Waals surface area contributed by atoms with E-state index in [1.165, 1.54) is 42.4 Å². The number of benzene rings is 2. The van der Waals surface area contributed by atoms with Crippen molar-refractivity contribution in [1.29, 1.82) is 0 Å². The van der Waals surface area contributed by atoms with E-state index in [1.807, 2.05) is 12.1 Å². The van der Waals surface area contributed by atoms with Gasteiger partial charge in [0.05, 0.1) is 6.61 Å². The van der Waals surface area contributed by atoms with E-state index in [2.05, 4.69) is 49.2 Å². The minimum Gasteiger partial charge on any atom is -0.494 e. The molecule has 0 atom stereocenters. The molecule has 0 N–H and O–H groups in total.